The third kappa shape index (κ3) is 70.7. The zero-order valence-corrected chi connectivity index (χ0v) is 11.5. The maximum absolute atomic E-state index is 6.25. The molecule has 0 aromatic rings. The molecular weight excluding hydrogens is 169 g/mol. The molecule has 0 aromatic heterocycles. The van der Waals surface area contributed by atoms with E-state index in [2.05, 4.69) is 0 Å². The first-order valence-electron chi connectivity index (χ1n) is 0.224. The first-order valence-corrected chi connectivity index (χ1v) is 0.224. The van der Waals surface area contributed by atoms with Crippen LogP contribution in [0.2, 0.25) is 0 Å². The normalized spacial score (nSPS) is 0.286. The van der Waals surface area contributed by atoms with Crippen molar-refractivity contribution in [3.63, 3.8) is 0 Å². The smallest absolute Gasteiger partial charge is 2.00 e. The van der Waals surface area contributed by atoms with E-state index in [4.69, 9.17) is 11.8 Å². The van der Waals surface area contributed by atoms with E-state index in [-0.39, 0.29) is 89.5 Å². The van der Waals surface area contributed by atoms with Crippen molar-refractivity contribution in [1.29, 1.82) is 5.26 Å². The van der Waals surface area contributed by atoms with Crippen molar-refractivity contribution in [2.45, 2.75) is 0 Å². The van der Waals surface area contributed by atoms with Gasteiger partial charge in [0.2, 0.25) is 0 Å². The van der Waals surface area contributed by atoms with Gasteiger partial charge in [-0.1, -0.05) is 0 Å². The van der Waals surface area contributed by atoms with Gasteiger partial charge in [0.1, 0.15) is 0 Å². The van der Waals surface area contributed by atoms with Gasteiger partial charge in [-0.15, -0.1) is 0 Å². The fourth-order valence-corrected chi connectivity index (χ4v) is 0. The molecule has 6 heteroatoms. The number of nitrogens with zero attached hydrogens (tertiary/aromatic N) is 1. The van der Waals surface area contributed by atoms with E-state index in [1.807, 2.05) is 0 Å². The number of hydrogen-bond acceptors (Lipinski definition) is 2. The van der Waals surface area contributed by atoms with Gasteiger partial charge < -0.3 is 22.8 Å². The van der Waals surface area contributed by atoms with Crippen molar-refractivity contribution in [1.82, 2.24) is 0 Å². The third-order valence-corrected chi connectivity index (χ3v) is 0. The molecule has 0 rings (SSSR count). The molecule has 0 saturated heterocycles. The Balaban J connectivity index is -0.000000000500. The molecule has 0 radical (unpaired) electrons. The van der Waals surface area contributed by atoms with Crippen LogP contribution < -0.4 is 59.1 Å². The van der Waals surface area contributed by atoms with Gasteiger partial charge in [-0.3, -0.25) is 0 Å². The summed E-state index contributed by atoms with van der Waals surface area (Å²) in [4.78, 5) is 0. The number of rotatable bonds is 0. The third-order valence-electron chi connectivity index (χ3n) is 0. The van der Waals surface area contributed by atoms with Crippen LogP contribution in [-0.4, -0.2) is 5.48 Å². The second-order valence-electron chi connectivity index (χ2n) is 0. The second kappa shape index (κ2) is 96.1. The minimum absolute atomic E-state index is 0. The molecular formula is CHNNa2O2Zn. The summed E-state index contributed by atoms with van der Waals surface area (Å²) >= 11 is 0. The van der Waals surface area contributed by atoms with Crippen molar-refractivity contribution < 1.29 is 89.5 Å². The van der Waals surface area contributed by atoms with Crippen LogP contribution in [0, 0.1) is 11.8 Å². The van der Waals surface area contributed by atoms with Gasteiger partial charge in [0, 0.05) is 0 Å². The van der Waals surface area contributed by atoms with Gasteiger partial charge in [-0.25, -0.2) is 0 Å². The Bertz CT molecular complexity index is 20.4. The summed E-state index contributed by atoms with van der Waals surface area (Å²) in [6, 6.07) is 0. The molecule has 0 fully saturated rings. The van der Waals surface area contributed by atoms with Crippen LogP contribution >= 0.6 is 0 Å². The predicted molar refractivity (Wildman–Crippen MR) is 7.59 cm³/mol. The topological polar surface area (TPSA) is 82.3 Å². The zero-order valence-electron chi connectivity index (χ0n) is 4.51. The summed E-state index contributed by atoms with van der Waals surface area (Å²) < 4.78 is 0. The summed E-state index contributed by atoms with van der Waals surface area (Å²) in [5, 5.41) is 6.25. The Kier molecular flexibility index (Phi) is 870. The molecule has 0 amide bonds. The molecule has 0 aromatic carbocycles. The van der Waals surface area contributed by atoms with Crippen LogP contribution in [0.25, 0.3) is 0 Å². The Hall–Kier alpha value is 2.03. The molecule has 0 atom stereocenters. The average Bonchev–Trinajstić information content (AvgIpc) is 1.00. The van der Waals surface area contributed by atoms with Crippen molar-refractivity contribution in [3.8, 4) is 0 Å². The average molecular weight is 170 g/mol. The second-order valence-corrected chi connectivity index (χ2v) is 0. The van der Waals surface area contributed by atoms with Crippen molar-refractivity contribution >= 4 is 0 Å². The maximum atomic E-state index is 6.25. The molecule has 0 aliphatic carbocycles. The summed E-state index contributed by atoms with van der Waals surface area (Å²) in [5.74, 6) is 0. The van der Waals surface area contributed by atoms with Gasteiger partial charge in [0.15, 0.2) is 0 Å². The minimum Gasteiger partial charge on any atom is -2.00 e. The van der Waals surface area contributed by atoms with Gasteiger partial charge in [-0.05, 0) is 0 Å². The monoisotopic (exact) mass is 169 g/mol. The first kappa shape index (κ1) is 63.4. The summed E-state index contributed by atoms with van der Waals surface area (Å²) in [5.41, 5.74) is 0. The van der Waals surface area contributed by atoms with Crippen LogP contribution in [0.1, 0.15) is 0 Å². The SMILES string of the molecule is [C-]#N.[Na+].[Na+].[O-2].[OH-].[Zn+2]. The van der Waals surface area contributed by atoms with Crippen molar-refractivity contribution in [2.24, 2.45) is 0 Å². The van der Waals surface area contributed by atoms with E-state index < -0.39 is 0 Å². The van der Waals surface area contributed by atoms with Crippen LogP contribution in [0.4, 0.5) is 0 Å². The fourth-order valence-electron chi connectivity index (χ4n) is 0. The van der Waals surface area contributed by atoms with E-state index in [0.717, 1.165) is 0 Å². The molecule has 0 aliphatic rings. The van der Waals surface area contributed by atoms with Gasteiger partial charge in [-0.2, -0.15) is 0 Å². The molecule has 7 heavy (non-hydrogen) atoms. The molecule has 0 saturated carbocycles. The summed E-state index contributed by atoms with van der Waals surface area (Å²) in [6.07, 6.45) is 0. The maximum Gasteiger partial charge on any atom is 2.00 e. The van der Waals surface area contributed by atoms with Crippen LogP contribution in [0.15, 0.2) is 0 Å². The fraction of sp³-hybridized carbons (Fsp3) is 0. The van der Waals surface area contributed by atoms with Crippen LogP contribution in [-0.2, 0) is 25.0 Å². The molecule has 1 N–H and O–H groups in total. The molecule has 3 nitrogen and oxygen atoms in total. The molecule has 0 bridgehead atoms. The molecule has 0 heterocycles. The predicted octanol–water partition coefficient (Wildman–Crippen LogP) is -6.19. The van der Waals surface area contributed by atoms with Crippen molar-refractivity contribution in [2.75, 3.05) is 0 Å². The Labute approximate surface area is 99.8 Å². The van der Waals surface area contributed by atoms with E-state index in [1.54, 1.807) is 0 Å². The Morgan fingerprint density at radius 1 is 1.00 bits per heavy atom. The van der Waals surface area contributed by atoms with Crippen LogP contribution in [0.5, 0.6) is 0 Å². The molecule has 0 spiro atoms. The molecule has 26 valence electrons. The van der Waals surface area contributed by atoms with E-state index in [1.165, 1.54) is 0 Å². The van der Waals surface area contributed by atoms with E-state index in [9.17, 15) is 0 Å². The summed E-state index contributed by atoms with van der Waals surface area (Å²) in [6.45, 7) is 4.75. The van der Waals surface area contributed by atoms with Gasteiger partial charge >= 0.3 is 78.6 Å². The van der Waals surface area contributed by atoms with E-state index >= 15 is 0 Å². The van der Waals surface area contributed by atoms with Gasteiger partial charge in [0.25, 0.3) is 0 Å². The quantitative estimate of drug-likeness (QED) is 0.268. The first-order chi connectivity index (χ1) is 1.00. The molecule has 0 unspecified atom stereocenters. The Morgan fingerprint density at radius 3 is 1.00 bits per heavy atom. The zero-order chi connectivity index (χ0) is 2.00. The van der Waals surface area contributed by atoms with Crippen LogP contribution in [0.3, 0.4) is 0 Å². The van der Waals surface area contributed by atoms with E-state index in [0.29, 0.717) is 0 Å². The van der Waals surface area contributed by atoms with Gasteiger partial charge in [0.05, 0.1) is 0 Å². The molecule has 0 aliphatic heterocycles. The number of hydrogen-bond donors (Lipinski definition) is 0. The summed E-state index contributed by atoms with van der Waals surface area (Å²) in [7, 11) is 0. The standard InChI is InChI=1S/CN.2Na.H2O.O.Zn/c1-2;;;;;/h;;;1H2;;/q-1;2*+1;;-2;+2/p-1. The Morgan fingerprint density at radius 2 is 1.00 bits per heavy atom. The van der Waals surface area contributed by atoms with Crippen molar-refractivity contribution in [3.05, 3.63) is 6.57 Å². The minimum atomic E-state index is 0. The largest absolute Gasteiger partial charge is 2.00 e.